The van der Waals surface area contributed by atoms with Crippen molar-refractivity contribution in [2.24, 2.45) is 0 Å². The molecule has 0 spiro atoms. The second kappa shape index (κ2) is 13.0. The lowest BCUT2D eigenvalue weighted by Gasteiger charge is -2.12. The summed E-state index contributed by atoms with van der Waals surface area (Å²) in [6.07, 6.45) is 6.63. The largest absolute Gasteiger partial charge is 0.456 e. The second-order valence-electron chi connectivity index (χ2n) is 15.1. The SMILES string of the molecule is C1=Cc2c(c3ccc(-c4ccccc4)cc3n2-c2ccc3c(c2)oc2cccc(-c4nc(-c5ccc6ccccc6c5)nc(-c5ccc6ccccc6c5)n4)c23)CC1. The van der Waals surface area contributed by atoms with Crippen LogP contribution in [0, 0.1) is 0 Å². The summed E-state index contributed by atoms with van der Waals surface area (Å²) in [7, 11) is 0. The maximum Gasteiger partial charge on any atom is 0.164 e. The molecule has 0 saturated carbocycles. The molecule has 0 fully saturated rings. The Morgan fingerprint density at radius 3 is 1.86 bits per heavy atom. The van der Waals surface area contributed by atoms with Gasteiger partial charge in [-0.15, -0.1) is 0 Å². The van der Waals surface area contributed by atoms with Crippen molar-refractivity contribution in [3.05, 3.63) is 187 Å². The maximum atomic E-state index is 6.73. The van der Waals surface area contributed by atoms with Gasteiger partial charge in [-0.1, -0.05) is 133 Å². The number of hydrogen-bond acceptors (Lipinski definition) is 4. The number of allylic oxidation sites excluding steroid dienone is 1. The highest BCUT2D eigenvalue weighted by Gasteiger charge is 2.22. The van der Waals surface area contributed by atoms with Gasteiger partial charge in [0.25, 0.3) is 0 Å². The van der Waals surface area contributed by atoms with Crippen LogP contribution in [0.5, 0.6) is 0 Å². The minimum absolute atomic E-state index is 0.600. The molecule has 0 N–H and O–H groups in total. The van der Waals surface area contributed by atoms with E-state index in [4.69, 9.17) is 19.4 Å². The Labute approximate surface area is 334 Å². The van der Waals surface area contributed by atoms with E-state index >= 15 is 0 Å². The first-order valence-electron chi connectivity index (χ1n) is 19.8. The number of rotatable bonds is 5. The number of benzene rings is 8. The summed E-state index contributed by atoms with van der Waals surface area (Å²) in [5.74, 6) is 1.85. The predicted molar refractivity (Wildman–Crippen MR) is 238 cm³/mol. The molecule has 5 nitrogen and oxygen atoms in total. The Balaban J connectivity index is 1.04. The zero-order valence-electron chi connectivity index (χ0n) is 31.4. The first-order chi connectivity index (χ1) is 28.7. The number of aromatic nitrogens is 4. The highest BCUT2D eigenvalue weighted by molar-refractivity contribution is 6.12. The van der Waals surface area contributed by atoms with Crippen LogP contribution in [0.4, 0.5) is 0 Å². The van der Waals surface area contributed by atoms with Crippen molar-refractivity contribution in [2.45, 2.75) is 12.8 Å². The fraction of sp³-hybridized carbons (Fsp3) is 0.0377. The van der Waals surface area contributed by atoms with Crippen molar-refractivity contribution in [2.75, 3.05) is 0 Å². The van der Waals surface area contributed by atoms with Crippen molar-refractivity contribution in [1.29, 1.82) is 0 Å². The standard InChI is InChI=1S/C53H34N4O/c1-2-11-33(12-3-1)38-25-27-43-42-17-8-9-19-46(42)57(47(43)31-38)41-26-28-44-49(32-41)58-48-20-10-18-45(50(44)48)53-55-51(39-23-21-34-13-4-6-15-36(34)29-39)54-52(56-53)40-24-22-35-14-5-7-16-37(35)30-40/h1-7,9-16,18-32H,8,17H2. The van der Waals surface area contributed by atoms with E-state index < -0.39 is 0 Å². The third-order valence-corrected chi connectivity index (χ3v) is 11.7. The first kappa shape index (κ1) is 32.6. The molecule has 1 aliphatic carbocycles. The summed E-state index contributed by atoms with van der Waals surface area (Å²) in [5.41, 5.74) is 11.7. The van der Waals surface area contributed by atoms with Crippen LogP contribution in [0.15, 0.2) is 180 Å². The van der Waals surface area contributed by atoms with Crippen molar-refractivity contribution in [1.82, 2.24) is 19.5 Å². The van der Waals surface area contributed by atoms with Gasteiger partial charge in [0.1, 0.15) is 11.2 Å². The molecule has 5 heteroatoms. The van der Waals surface area contributed by atoms with Crippen molar-refractivity contribution < 1.29 is 4.42 Å². The van der Waals surface area contributed by atoms with Gasteiger partial charge in [-0.3, -0.25) is 0 Å². The van der Waals surface area contributed by atoms with E-state index in [1.165, 1.54) is 44.1 Å². The molecule has 272 valence electrons. The molecule has 0 radical (unpaired) electrons. The van der Waals surface area contributed by atoms with E-state index in [2.05, 4.69) is 174 Å². The minimum Gasteiger partial charge on any atom is -0.456 e. The molecule has 0 aliphatic heterocycles. The van der Waals surface area contributed by atoms with Gasteiger partial charge in [-0.25, -0.2) is 15.0 Å². The topological polar surface area (TPSA) is 56.7 Å². The molecule has 0 saturated heterocycles. The summed E-state index contributed by atoms with van der Waals surface area (Å²) in [5, 5.41) is 7.91. The fourth-order valence-corrected chi connectivity index (χ4v) is 8.87. The molecule has 0 atom stereocenters. The van der Waals surface area contributed by atoms with Crippen LogP contribution in [-0.4, -0.2) is 19.5 Å². The Kier molecular flexibility index (Phi) is 7.29. The van der Waals surface area contributed by atoms with Gasteiger partial charge in [-0.2, -0.15) is 0 Å². The zero-order valence-corrected chi connectivity index (χ0v) is 31.4. The van der Waals surface area contributed by atoms with Gasteiger partial charge in [0.05, 0.1) is 5.52 Å². The molecule has 12 rings (SSSR count). The van der Waals surface area contributed by atoms with Gasteiger partial charge >= 0.3 is 0 Å². The second-order valence-corrected chi connectivity index (χ2v) is 15.1. The summed E-state index contributed by atoms with van der Waals surface area (Å²) < 4.78 is 9.13. The van der Waals surface area contributed by atoms with Gasteiger partial charge in [0.15, 0.2) is 17.5 Å². The molecule has 0 amide bonds. The zero-order chi connectivity index (χ0) is 38.2. The summed E-state index contributed by atoms with van der Waals surface area (Å²) in [6.45, 7) is 0. The normalized spacial score (nSPS) is 12.6. The highest BCUT2D eigenvalue weighted by atomic mass is 16.3. The van der Waals surface area contributed by atoms with Gasteiger partial charge in [0.2, 0.25) is 0 Å². The average Bonchev–Trinajstić information content (AvgIpc) is 3.84. The average molecular weight is 743 g/mol. The van der Waals surface area contributed by atoms with Crippen LogP contribution in [0.1, 0.15) is 17.7 Å². The van der Waals surface area contributed by atoms with Gasteiger partial charge < -0.3 is 8.98 Å². The predicted octanol–water partition coefficient (Wildman–Crippen LogP) is 13.6. The number of furan rings is 1. The monoisotopic (exact) mass is 742 g/mol. The minimum atomic E-state index is 0.600. The summed E-state index contributed by atoms with van der Waals surface area (Å²) in [6, 6.07) is 59.8. The summed E-state index contributed by atoms with van der Waals surface area (Å²) >= 11 is 0. The van der Waals surface area contributed by atoms with E-state index in [0.717, 1.165) is 67.9 Å². The molecular formula is C53H34N4O. The van der Waals surface area contributed by atoms with Crippen LogP contribution in [0.2, 0.25) is 0 Å². The van der Waals surface area contributed by atoms with Crippen molar-refractivity contribution in [3.8, 4) is 51.0 Å². The Morgan fingerprint density at radius 2 is 1.12 bits per heavy atom. The maximum absolute atomic E-state index is 6.73. The molecule has 0 bridgehead atoms. The van der Waals surface area contributed by atoms with Crippen LogP contribution in [-0.2, 0) is 6.42 Å². The lowest BCUT2D eigenvalue weighted by atomic mass is 9.99. The number of fused-ring (bicyclic) bond motifs is 8. The van der Waals surface area contributed by atoms with E-state index in [1.807, 2.05) is 12.1 Å². The van der Waals surface area contributed by atoms with E-state index in [1.54, 1.807) is 0 Å². The highest BCUT2D eigenvalue weighted by Crippen LogP contribution is 2.41. The van der Waals surface area contributed by atoms with Crippen LogP contribution in [0.3, 0.4) is 0 Å². The van der Waals surface area contributed by atoms with Crippen molar-refractivity contribution >= 4 is 60.5 Å². The third kappa shape index (κ3) is 5.28. The number of aryl methyl sites for hydroxylation is 1. The van der Waals surface area contributed by atoms with Gasteiger partial charge in [-0.05, 0) is 93.6 Å². The molecule has 11 aromatic rings. The van der Waals surface area contributed by atoms with Crippen LogP contribution >= 0.6 is 0 Å². The Bertz CT molecular complexity index is 3370. The Hall–Kier alpha value is -7.63. The smallest absolute Gasteiger partial charge is 0.164 e. The fourth-order valence-electron chi connectivity index (χ4n) is 8.87. The van der Waals surface area contributed by atoms with Crippen LogP contribution in [0.25, 0.3) is 111 Å². The molecular weight excluding hydrogens is 709 g/mol. The summed E-state index contributed by atoms with van der Waals surface area (Å²) in [4.78, 5) is 15.5. The quantitative estimate of drug-likeness (QED) is 0.176. The molecule has 0 unspecified atom stereocenters. The Morgan fingerprint density at radius 1 is 0.466 bits per heavy atom. The van der Waals surface area contributed by atoms with Crippen molar-refractivity contribution in [3.63, 3.8) is 0 Å². The van der Waals surface area contributed by atoms with E-state index in [-0.39, 0.29) is 0 Å². The molecule has 1 aliphatic rings. The third-order valence-electron chi connectivity index (χ3n) is 11.7. The lowest BCUT2D eigenvalue weighted by molar-refractivity contribution is 0.668. The molecule has 3 aromatic heterocycles. The number of nitrogens with zero attached hydrogens (tertiary/aromatic N) is 4. The lowest BCUT2D eigenvalue weighted by Crippen LogP contribution is -2.01. The van der Waals surface area contributed by atoms with Gasteiger partial charge in [0, 0.05) is 50.3 Å². The molecule has 8 aromatic carbocycles. The van der Waals surface area contributed by atoms with Crippen LogP contribution < -0.4 is 0 Å². The van der Waals surface area contributed by atoms with E-state index in [0.29, 0.717) is 17.5 Å². The number of hydrogen-bond donors (Lipinski definition) is 0. The molecule has 3 heterocycles. The van der Waals surface area contributed by atoms with E-state index in [9.17, 15) is 0 Å². The molecule has 58 heavy (non-hydrogen) atoms. The first-order valence-corrected chi connectivity index (χ1v) is 19.8.